The molecule has 0 fully saturated rings. The minimum atomic E-state index is -0.176. The molecule has 0 saturated heterocycles. The summed E-state index contributed by atoms with van der Waals surface area (Å²) in [5.74, 6) is 0.251. The molecule has 0 saturated carbocycles. The molecule has 2 aromatic rings. The van der Waals surface area contributed by atoms with Crippen molar-refractivity contribution in [3.05, 3.63) is 58.1 Å². The molecule has 0 aliphatic heterocycles. The first-order valence-corrected chi connectivity index (χ1v) is 8.97. The molecule has 0 aliphatic carbocycles. The Morgan fingerprint density at radius 3 is 2.46 bits per heavy atom. The number of benzene rings is 2. The van der Waals surface area contributed by atoms with Gasteiger partial charge < -0.3 is 15.4 Å². The molecule has 0 aromatic heterocycles. The second-order valence-corrected chi connectivity index (χ2v) is 6.31. The molecule has 0 unspecified atom stereocenters. The molecule has 7 heteroatoms. The van der Waals surface area contributed by atoms with E-state index in [9.17, 15) is 9.59 Å². The summed E-state index contributed by atoms with van der Waals surface area (Å²) >= 11 is 12.1. The molecular formula is C19H20Cl2N2O3. The van der Waals surface area contributed by atoms with Crippen molar-refractivity contribution in [2.75, 3.05) is 18.5 Å². The predicted octanol–water partition coefficient (Wildman–Crippen LogP) is 4.08. The summed E-state index contributed by atoms with van der Waals surface area (Å²) in [7, 11) is 0. The Morgan fingerprint density at radius 2 is 1.77 bits per heavy atom. The van der Waals surface area contributed by atoms with Crippen molar-refractivity contribution in [1.29, 1.82) is 0 Å². The van der Waals surface area contributed by atoms with Crippen LogP contribution in [0.1, 0.15) is 18.9 Å². The number of carbonyl (C=O) groups excluding carboxylic acids is 2. The van der Waals surface area contributed by atoms with Gasteiger partial charge in [-0.2, -0.15) is 0 Å². The van der Waals surface area contributed by atoms with E-state index in [-0.39, 0.29) is 24.8 Å². The van der Waals surface area contributed by atoms with Gasteiger partial charge in [-0.3, -0.25) is 9.59 Å². The topological polar surface area (TPSA) is 67.4 Å². The standard InChI is InChI=1S/C19H20Cl2N2O3/c1-2-22-18(25)12-26-15-9-7-14(8-10-15)23-17(24)11-6-13-4-3-5-16(20)19(13)21/h3-5,7-10H,2,6,11-12H2,1H3,(H,22,25)(H,23,24). The molecule has 26 heavy (non-hydrogen) atoms. The van der Waals surface area contributed by atoms with Gasteiger partial charge in [0.15, 0.2) is 6.61 Å². The first kappa shape index (κ1) is 20.1. The van der Waals surface area contributed by atoms with Crippen LogP contribution in [0.3, 0.4) is 0 Å². The van der Waals surface area contributed by atoms with E-state index in [0.29, 0.717) is 34.4 Å². The van der Waals surface area contributed by atoms with Crippen molar-refractivity contribution >= 4 is 40.7 Å². The normalized spacial score (nSPS) is 10.3. The second kappa shape index (κ2) is 10.0. The van der Waals surface area contributed by atoms with Gasteiger partial charge in [0.2, 0.25) is 5.91 Å². The highest BCUT2D eigenvalue weighted by Crippen LogP contribution is 2.26. The maximum Gasteiger partial charge on any atom is 0.257 e. The van der Waals surface area contributed by atoms with Crippen molar-refractivity contribution < 1.29 is 14.3 Å². The molecule has 0 spiro atoms. The number of likely N-dealkylation sites (N-methyl/N-ethyl adjacent to an activating group) is 1. The molecule has 5 nitrogen and oxygen atoms in total. The summed E-state index contributed by atoms with van der Waals surface area (Å²) in [6, 6.07) is 12.2. The minimum absolute atomic E-state index is 0.0417. The van der Waals surface area contributed by atoms with Gasteiger partial charge >= 0.3 is 0 Å². The number of nitrogens with one attached hydrogen (secondary N) is 2. The van der Waals surface area contributed by atoms with Crippen molar-refractivity contribution in [3.63, 3.8) is 0 Å². The summed E-state index contributed by atoms with van der Waals surface area (Å²) in [5.41, 5.74) is 1.49. The molecule has 138 valence electrons. The zero-order chi connectivity index (χ0) is 18.9. The Hall–Kier alpha value is -2.24. The van der Waals surface area contributed by atoms with Crippen LogP contribution in [0.15, 0.2) is 42.5 Å². The number of anilines is 1. The summed E-state index contributed by atoms with van der Waals surface area (Å²) < 4.78 is 5.36. The molecule has 0 heterocycles. The van der Waals surface area contributed by atoms with E-state index in [4.69, 9.17) is 27.9 Å². The molecule has 0 aliphatic rings. The highest BCUT2D eigenvalue weighted by Gasteiger charge is 2.08. The van der Waals surface area contributed by atoms with E-state index >= 15 is 0 Å². The number of aryl methyl sites for hydroxylation is 1. The summed E-state index contributed by atoms with van der Waals surface area (Å²) in [6.45, 7) is 2.36. The average Bonchev–Trinajstić information content (AvgIpc) is 2.62. The second-order valence-electron chi connectivity index (χ2n) is 5.53. The lowest BCUT2D eigenvalue weighted by molar-refractivity contribution is -0.123. The molecule has 2 aromatic carbocycles. The maximum atomic E-state index is 12.1. The zero-order valence-electron chi connectivity index (χ0n) is 14.4. The van der Waals surface area contributed by atoms with Crippen molar-refractivity contribution in [2.24, 2.45) is 0 Å². The Morgan fingerprint density at radius 1 is 1.04 bits per heavy atom. The summed E-state index contributed by atoms with van der Waals surface area (Å²) in [6.07, 6.45) is 0.786. The number of hydrogen-bond acceptors (Lipinski definition) is 3. The molecule has 2 rings (SSSR count). The maximum absolute atomic E-state index is 12.1. The fourth-order valence-electron chi connectivity index (χ4n) is 2.24. The van der Waals surface area contributed by atoms with E-state index in [2.05, 4.69) is 10.6 Å². The first-order chi connectivity index (χ1) is 12.5. The Bertz CT molecular complexity index is 764. The monoisotopic (exact) mass is 394 g/mol. The van der Waals surface area contributed by atoms with Gasteiger partial charge in [0.25, 0.3) is 5.91 Å². The van der Waals surface area contributed by atoms with Gasteiger partial charge in [-0.25, -0.2) is 0 Å². The molecule has 2 amide bonds. The smallest absolute Gasteiger partial charge is 0.257 e. The van der Waals surface area contributed by atoms with E-state index < -0.39 is 0 Å². The molecular weight excluding hydrogens is 375 g/mol. The fourth-order valence-corrected chi connectivity index (χ4v) is 2.66. The van der Waals surface area contributed by atoms with Gasteiger partial charge in [0.1, 0.15) is 5.75 Å². The number of rotatable bonds is 8. The third kappa shape index (κ3) is 6.24. The quantitative estimate of drug-likeness (QED) is 0.708. The van der Waals surface area contributed by atoms with E-state index in [1.165, 1.54) is 0 Å². The lowest BCUT2D eigenvalue weighted by Crippen LogP contribution is -2.28. The van der Waals surface area contributed by atoms with Crippen LogP contribution < -0.4 is 15.4 Å². The minimum Gasteiger partial charge on any atom is -0.484 e. The van der Waals surface area contributed by atoms with Gasteiger partial charge in [0, 0.05) is 18.7 Å². The molecule has 0 bridgehead atoms. The summed E-state index contributed by atoms with van der Waals surface area (Å²) in [4.78, 5) is 23.4. The lowest BCUT2D eigenvalue weighted by Gasteiger charge is -2.09. The highest BCUT2D eigenvalue weighted by atomic mass is 35.5. The van der Waals surface area contributed by atoms with Crippen molar-refractivity contribution in [2.45, 2.75) is 19.8 Å². The van der Waals surface area contributed by atoms with Gasteiger partial charge in [0.05, 0.1) is 10.0 Å². The SMILES string of the molecule is CCNC(=O)COc1ccc(NC(=O)CCc2cccc(Cl)c2Cl)cc1. The van der Waals surface area contributed by atoms with Gasteiger partial charge in [-0.15, -0.1) is 0 Å². The van der Waals surface area contributed by atoms with Crippen LogP contribution in [0, 0.1) is 0 Å². The number of amides is 2. The predicted molar refractivity (Wildman–Crippen MR) is 104 cm³/mol. The van der Waals surface area contributed by atoms with Crippen molar-refractivity contribution in [1.82, 2.24) is 5.32 Å². The van der Waals surface area contributed by atoms with E-state index in [1.807, 2.05) is 13.0 Å². The van der Waals surface area contributed by atoms with Gasteiger partial charge in [-0.05, 0) is 49.2 Å². The van der Waals surface area contributed by atoms with Crippen LogP contribution in [0.5, 0.6) is 5.75 Å². The average molecular weight is 395 g/mol. The van der Waals surface area contributed by atoms with Crippen molar-refractivity contribution in [3.8, 4) is 5.75 Å². The van der Waals surface area contributed by atoms with Gasteiger partial charge in [-0.1, -0.05) is 35.3 Å². The fraction of sp³-hybridized carbons (Fsp3) is 0.263. The van der Waals surface area contributed by atoms with E-state index in [1.54, 1.807) is 36.4 Å². The highest BCUT2D eigenvalue weighted by molar-refractivity contribution is 6.42. The number of hydrogen-bond donors (Lipinski definition) is 2. The molecule has 0 atom stereocenters. The van der Waals surface area contributed by atoms with Crippen LogP contribution in [0.4, 0.5) is 5.69 Å². The van der Waals surface area contributed by atoms with Crippen LogP contribution >= 0.6 is 23.2 Å². The Labute approximate surface area is 162 Å². The molecule has 0 radical (unpaired) electrons. The number of ether oxygens (including phenoxy) is 1. The third-order valence-corrected chi connectivity index (χ3v) is 4.39. The van der Waals surface area contributed by atoms with Crippen LogP contribution in [0.25, 0.3) is 0 Å². The first-order valence-electron chi connectivity index (χ1n) is 8.22. The number of halogens is 2. The van der Waals surface area contributed by atoms with Crippen LogP contribution in [0.2, 0.25) is 10.0 Å². The zero-order valence-corrected chi connectivity index (χ0v) is 15.9. The summed E-state index contributed by atoms with van der Waals surface area (Å²) in [5, 5.41) is 6.42. The molecule has 2 N–H and O–H groups in total. The van der Waals surface area contributed by atoms with Crippen LogP contribution in [-0.4, -0.2) is 25.0 Å². The van der Waals surface area contributed by atoms with Crippen LogP contribution in [-0.2, 0) is 16.0 Å². The lowest BCUT2D eigenvalue weighted by atomic mass is 10.1. The Kier molecular flexibility index (Phi) is 7.75. The number of carbonyl (C=O) groups is 2. The van der Waals surface area contributed by atoms with E-state index in [0.717, 1.165) is 5.56 Å². The Balaban J connectivity index is 1.81. The third-order valence-electron chi connectivity index (χ3n) is 3.53. The largest absolute Gasteiger partial charge is 0.484 e.